The van der Waals surface area contributed by atoms with Gasteiger partial charge in [-0.3, -0.25) is 0 Å². The third kappa shape index (κ3) is 3.24. The van der Waals surface area contributed by atoms with E-state index in [9.17, 15) is 0 Å². The molecule has 21 heavy (non-hydrogen) atoms. The van der Waals surface area contributed by atoms with Crippen LogP contribution in [-0.4, -0.2) is 6.54 Å². The minimum absolute atomic E-state index is 0.204. The maximum atomic E-state index is 5.83. The summed E-state index contributed by atoms with van der Waals surface area (Å²) in [6.45, 7) is 16.2. The van der Waals surface area contributed by atoms with E-state index in [-0.39, 0.29) is 11.5 Å². The lowest BCUT2D eigenvalue weighted by molar-refractivity contribution is 0.494. The van der Waals surface area contributed by atoms with E-state index in [1.54, 1.807) is 0 Å². The van der Waals surface area contributed by atoms with Gasteiger partial charge < -0.3 is 9.73 Å². The zero-order valence-electron chi connectivity index (χ0n) is 14.3. The number of hydrogen-bond donors (Lipinski definition) is 1. The first-order valence-corrected chi connectivity index (χ1v) is 8.47. The lowest BCUT2D eigenvalue weighted by Crippen LogP contribution is -2.22. The first kappa shape index (κ1) is 16.3. The zero-order valence-corrected chi connectivity index (χ0v) is 15.1. The van der Waals surface area contributed by atoms with Gasteiger partial charge in [0, 0.05) is 15.3 Å². The van der Waals surface area contributed by atoms with Crippen molar-refractivity contribution in [2.75, 3.05) is 6.54 Å². The Kier molecular flexibility index (Phi) is 4.64. The summed E-state index contributed by atoms with van der Waals surface area (Å²) in [7, 11) is 0. The molecule has 2 aromatic rings. The number of rotatable bonds is 4. The summed E-state index contributed by atoms with van der Waals surface area (Å²) in [5.41, 5.74) is 2.77. The molecule has 2 heterocycles. The Morgan fingerprint density at radius 3 is 2.24 bits per heavy atom. The Morgan fingerprint density at radius 1 is 1.14 bits per heavy atom. The molecule has 0 aliphatic rings. The van der Waals surface area contributed by atoms with E-state index in [1.807, 2.05) is 18.3 Å². The first-order valence-electron chi connectivity index (χ1n) is 7.65. The smallest absolute Gasteiger partial charge is 0.106 e. The van der Waals surface area contributed by atoms with Crippen molar-refractivity contribution in [3.8, 4) is 0 Å². The number of hydrogen-bond acceptors (Lipinski definition) is 3. The molecule has 2 rings (SSSR count). The van der Waals surface area contributed by atoms with Crippen LogP contribution in [0.25, 0.3) is 0 Å². The van der Waals surface area contributed by atoms with E-state index in [4.69, 9.17) is 4.42 Å². The lowest BCUT2D eigenvalue weighted by Gasteiger charge is -2.19. The van der Waals surface area contributed by atoms with Crippen LogP contribution in [0.2, 0.25) is 0 Å². The second-order valence-electron chi connectivity index (χ2n) is 6.70. The topological polar surface area (TPSA) is 25.2 Å². The van der Waals surface area contributed by atoms with Crippen molar-refractivity contribution in [3.63, 3.8) is 0 Å². The van der Waals surface area contributed by atoms with Gasteiger partial charge in [0.2, 0.25) is 0 Å². The molecular formula is C18H27NOS. The van der Waals surface area contributed by atoms with Crippen LogP contribution < -0.4 is 5.32 Å². The molecule has 0 saturated carbocycles. The van der Waals surface area contributed by atoms with Gasteiger partial charge in [0.05, 0.1) is 6.04 Å². The fourth-order valence-electron chi connectivity index (χ4n) is 2.69. The van der Waals surface area contributed by atoms with Crippen molar-refractivity contribution in [2.45, 2.75) is 59.9 Å². The molecule has 0 amide bonds. The normalized spacial score (nSPS) is 13.7. The fraction of sp³-hybridized carbons (Fsp3) is 0.556. The predicted octanol–water partition coefficient (Wildman–Crippen LogP) is 5.26. The zero-order chi connectivity index (χ0) is 15.8. The molecule has 0 radical (unpaired) electrons. The molecule has 1 atom stereocenters. The van der Waals surface area contributed by atoms with Crippen LogP contribution in [0.5, 0.6) is 0 Å². The van der Waals surface area contributed by atoms with Crippen molar-refractivity contribution in [3.05, 3.63) is 44.5 Å². The Balaban J connectivity index is 2.46. The van der Waals surface area contributed by atoms with Gasteiger partial charge in [0.1, 0.15) is 11.5 Å². The SMILES string of the molecule is CCNC(c1ccc(C(C)(C)C)s1)c1c(C)oc(C)c1C. The van der Waals surface area contributed by atoms with Crippen LogP contribution in [0.15, 0.2) is 16.5 Å². The highest BCUT2D eigenvalue weighted by Gasteiger charge is 2.25. The van der Waals surface area contributed by atoms with Gasteiger partial charge in [-0.2, -0.15) is 0 Å². The van der Waals surface area contributed by atoms with E-state index >= 15 is 0 Å². The molecule has 0 spiro atoms. The van der Waals surface area contributed by atoms with Crippen LogP contribution in [-0.2, 0) is 5.41 Å². The summed E-state index contributed by atoms with van der Waals surface area (Å²) in [6, 6.07) is 4.76. The Labute approximate surface area is 132 Å². The molecule has 2 nitrogen and oxygen atoms in total. The minimum Gasteiger partial charge on any atom is -0.466 e. The van der Waals surface area contributed by atoms with E-state index < -0.39 is 0 Å². The third-order valence-corrected chi connectivity index (χ3v) is 5.54. The van der Waals surface area contributed by atoms with Crippen LogP contribution >= 0.6 is 11.3 Å². The second-order valence-corrected chi connectivity index (χ2v) is 7.81. The van der Waals surface area contributed by atoms with Gasteiger partial charge in [0.25, 0.3) is 0 Å². The molecule has 0 bridgehead atoms. The first-order chi connectivity index (χ1) is 9.75. The van der Waals surface area contributed by atoms with E-state index in [0.29, 0.717) is 0 Å². The summed E-state index contributed by atoms with van der Waals surface area (Å²) < 4.78 is 5.83. The largest absolute Gasteiger partial charge is 0.466 e. The fourth-order valence-corrected chi connectivity index (χ4v) is 3.85. The molecular weight excluding hydrogens is 278 g/mol. The van der Waals surface area contributed by atoms with Crippen molar-refractivity contribution < 1.29 is 4.42 Å². The molecule has 0 aromatic carbocycles. The Hall–Kier alpha value is -1.06. The van der Waals surface area contributed by atoms with Crippen LogP contribution in [0, 0.1) is 20.8 Å². The summed E-state index contributed by atoms with van der Waals surface area (Å²) in [5.74, 6) is 2.06. The van der Waals surface area contributed by atoms with Gasteiger partial charge in [-0.15, -0.1) is 11.3 Å². The standard InChI is InChI=1S/C18H27NOS/c1-8-19-17(16-11(2)12(3)20-13(16)4)14-9-10-15(21-14)18(5,6)7/h9-10,17,19H,8H2,1-7H3. The lowest BCUT2D eigenvalue weighted by atomic mass is 9.95. The second kappa shape index (κ2) is 5.98. The summed E-state index contributed by atoms with van der Waals surface area (Å²) in [5, 5.41) is 3.63. The average Bonchev–Trinajstić information content (AvgIpc) is 2.94. The Bertz CT molecular complexity index is 616. The minimum atomic E-state index is 0.204. The number of aryl methyl sites for hydroxylation is 2. The maximum Gasteiger partial charge on any atom is 0.106 e. The molecule has 0 aliphatic heterocycles. The van der Waals surface area contributed by atoms with Gasteiger partial charge in [-0.05, 0) is 50.4 Å². The Morgan fingerprint density at radius 2 is 1.81 bits per heavy atom. The maximum absolute atomic E-state index is 5.83. The highest BCUT2D eigenvalue weighted by Crippen LogP contribution is 2.37. The van der Waals surface area contributed by atoms with E-state index in [1.165, 1.54) is 20.9 Å². The number of furan rings is 1. The predicted molar refractivity (Wildman–Crippen MR) is 91.5 cm³/mol. The average molecular weight is 305 g/mol. The molecule has 0 saturated heterocycles. The summed E-state index contributed by atoms with van der Waals surface area (Å²) in [6.07, 6.45) is 0. The van der Waals surface area contributed by atoms with Crippen molar-refractivity contribution in [1.29, 1.82) is 0 Å². The van der Waals surface area contributed by atoms with Crippen LogP contribution in [0.3, 0.4) is 0 Å². The molecule has 1 unspecified atom stereocenters. The molecule has 3 heteroatoms. The van der Waals surface area contributed by atoms with Gasteiger partial charge >= 0.3 is 0 Å². The molecule has 0 aliphatic carbocycles. The van der Waals surface area contributed by atoms with Gasteiger partial charge in [-0.1, -0.05) is 27.7 Å². The molecule has 2 aromatic heterocycles. The van der Waals surface area contributed by atoms with E-state index in [2.05, 4.69) is 59.0 Å². The number of thiophene rings is 1. The van der Waals surface area contributed by atoms with Crippen molar-refractivity contribution >= 4 is 11.3 Å². The van der Waals surface area contributed by atoms with Crippen molar-refractivity contribution in [1.82, 2.24) is 5.32 Å². The van der Waals surface area contributed by atoms with Crippen molar-refractivity contribution in [2.24, 2.45) is 0 Å². The quantitative estimate of drug-likeness (QED) is 0.833. The van der Waals surface area contributed by atoms with Crippen LogP contribution in [0.1, 0.15) is 66.1 Å². The molecule has 1 N–H and O–H groups in total. The molecule has 116 valence electrons. The monoisotopic (exact) mass is 305 g/mol. The summed E-state index contributed by atoms with van der Waals surface area (Å²) in [4.78, 5) is 2.80. The van der Waals surface area contributed by atoms with Gasteiger partial charge in [-0.25, -0.2) is 0 Å². The van der Waals surface area contributed by atoms with E-state index in [0.717, 1.165) is 18.1 Å². The number of nitrogens with one attached hydrogen (secondary N) is 1. The van der Waals surface area contributed by atoms with Gasteiger partial charge in [0.15, 0.2) is 0 Å². The third-order valence-electron chi connectivity index (χ3n) is 3.97. The summed E-state index contributed by atoms with van der Waals surface area (Å²) >= 11 is 1.91. The molecule has 0 fully saturated rings. The van der Waals surface area contributed by atoms with Crippen LogP contribution in [0.4, 0.5) is 0 Å². The highest BCUT2D eigenvalue weighted by atomic mass is 32.1. The highest BCUT2D eigenvalue weighted by molar-refractivity contribution is 7.12.